The molecule has 6 nitrogen and oxygen atoms in total. The van der Waals surface area contributed by atoms with Gasteiger partial charge in [0.2, 0.25) is 11.3 Å². The number of thiophene rings is 1. The minimum Gasteiger partial charge on any atom is -0.490 e. The summed E-state index contributed by atoms with van der Waals surface area (Å²) < 4.78 is 53.3. The van der Waals surface area contributed by atoms with Gasteiger partial charge in [-0.2, -0.15) is 23.7 Å². The Balaban J connectivity index is 1.95. The quantitative estimate of drug-likeness (QED) is 0.221. The predicted octanol–water partition coefficient (Wildman–Crippen LogP) is 8.39. The van der Waals surface area contributed by atoms with Crippen molar-refractivity contribution in [2.75, 3.05) is 18.0 Å². The van der Waals surface area contributed by atoms with Crippen LogP contribution in [0.5, 0.6) is 5.75 Å². The summed E-state index contributed by atoms with van der Waals surface area (Å²) in [5, 5.41) is 18.3. The van der Waals surface area contributed by atoms with Crippen molar-refractivity contribution in [3.05, 3.63) is 85.7 Å². The predicted molar refractivity (Wildman–Crippen MR) is 155 cm³/mol. The van der Waals surface area contributed by atoms with Gasteiger partial charge in [-0.1, -0.05) is 6.08 Å². The Labute approximate surface area is 242 Å². The van der Waals surface area contributed by atoms with E-state index in [1.807, 2.05) is 50.3 Å². The third-order valence-corrected chi connectivity index (χ3v) is 7.39. The first-order valence-corrected chi connectivity index (χ1v) is 13.7. The lowest BCUT2D eigenvalue weighted by molar-refractivity contribution is -0.236. The van der Waals surface area contributed by atoms with Crippen molar-refractivity contribution < 1.29 is 22.6 Å². The summed E-state index contributed by atoms with van der Waals surface area (Å²) in [6, 6.07) is 12.7. The van der Waals surface area contributed by atoms with Crippen molar-refractivity contribution in [3.63, 3.8) is 0 Å². The highest BCUT2D eigenvalue weighted by Crippen LogP contribution is 2.50. The maximum Gasteiger partial charge on any atom is 0.430 e. The molecule has 1 aromatic carbocycles. The van der Waals surface area contributed by atoms with Crippen LogP contribution in [-0.2, 0) is 4.74 Å². The molecule has 3 rings (SSSR count). The number of benzene rings is 1. The standard InChI is InChI=1S/C31H29F3N4O2S/c1-7-38(8-2)23-11-9-21(27(17-23)39-20(3)4)10-12-24-13-14-25(41-24)15-16-26-28(37-6)29(22(18-35)19-36)40-30(26,5)31(32,33)34/h9-17,20H,7-8H2,1-5H3/b12-10+,16-15+. The van der Waals surface area contributed by atoms with Crippen LogP contribution in [0, 0.1) is 29.2 Å². The third kappa shape index (κ3) is 6.65. The average Bonchev–Trinajstić information content (AvgIpc) is 3.50. The number of hydrogen-bond donors (Lipinski definition) is 0. The highest BCUT2D eigenvalue weighted by molar-refractivity contribution is 7.13. The summed E-state index contributed by atoms with van der Waals surface area (Å²) in [4.78, 5) is 6.90. The summed E-state index contributed by atoms with van der Waals surface area (Å²) in [5.41, 5.74) is -2.60. The fourth-order valence-corrected chi connectivity index (χ4v) is 5.01. The lowest BCUT2D eigenvalue weighted by atomic mass is 9.94. The van der Waals surface area contributed by atoms with E-state index < -0.39 is 34.4 Å². The molecule has 1 aromatic heterocycles. The van der Waals surface area contributed by atoms with Crippen LogP contribution in [0.3, 0.4) is 0 Å². The Hall–Kier alpha value is -4.46. The number of rotatable bonds is 9. The molecule has 0 fully saturated rings. The van der Waals surface area contributed by atoms with Crippen LogP contribution in [0.15, 0.2) is 59.0 Å². The molecule has 212 valence electrons. The third-order valence-electron chi connectivity index (χ3n) is 6.37. The van der Waals surface area contributed by atoms with Gasteiger partial charge in [-0.15, -0.1) is 11.3 Å². The van der Waals surface area contributed by atoms with Gasteiger partial charge < -0.3 is 14.4 Å². The van der Waals surface area contributed by atoms with Crippen molar-refractivity contribution in [2.45, 2.75) is 52.5 Å². The number of nitrogens with zero attached hydrogens (tertiary/aromatic N) is 4. The Kier molecular flexibility index (Phi) is 9.71. The van der Waals surface area contributed by atoms with E-state index >= 15 is 0 Å². The normalized spacial score (nSPS) is 17.1. The molecule has 0 N–H and O–H groups in total. The first-order chi connectivity index (χ1) is 19.4. The molecule has 1 aliphatic rings. The van der Waals surface area contributed by atoms with Gasteiger partial charge in [0, 0.05) is 45.7 Å². The maximum absolute atomic E-state index is 14.1. The minimum absolute atomic E-state index is 0.0167. The number of ether oxygens (including phenoxy) is 2. The summed E-state index contributed by atoms with van der Waals surface area (Å²) in [6.45, 7) is 18.1. The van der Waals surface area contributed by atoms with Gasteiger partial charge in [-0.05, 0) is 77.1 Å². The molecule has 2 heterocycles. The van der Waals surface area contributed by atoms with Gasteiger partial charge in [-0.25, -0.2) is 4.85 Å². The number of halogens is 3. The van der Waals surface area contributed by atoms with Crippen LogP contribution in [-0.4, -0.2) is 31.0 Å². The average molecular weight is 579 g/mol. The number of nitriles is 2. The zero-order valence-electron chi connectivity index (χ0n) is 23.3. The van der Waals surface area contributed by atoms with Crippen LogP contribution < -0.4 is 9.64 Å². The van der Waals surface area contributed by atoms with E-state index in [0.717, 1.165) is 41.9 Å². The van der Waals surface area contributed by atoms with Gasteiger partial charge in [0.25, 0.3) is 0 Å². The molecule has 10 heteroatoms. The Morgan fingerprint density at radius 3 is 2.22 bits per heavy atom. The zero-order chi connectivity index (χ0) is 30.4. The smallest absolute Gasteiger partial charge is 0.430 e. The summed E-state index contributed by atoms with van der Waals surface area (Å²) in [6.07, 6.45) is 1.54. The van der Waals surface area contributed by atoms with E-state index in [9.17, 15) is 23.7 Å². The molecule has 0 saturated heterocycles. The minimum atomic E-state index is -4.90. The fourth-order valence-electron chi connectivity index (χ4n) is 4.20. The summed E-state index contributed by atoms with van der Waals surface area (Å²) in [5.74, 6) is 0.0901. The molecule has 41 heavy (non-hydrogen) atoms. The molecule has 2 aromatic rings. The fraction of sp³-hybridized carbons (Fsp3) is 0.323. The lowest BCUT2D eigenvalue weighted by Gasteiger charge is -2.29. The molecule has 0 aliphatic carbocycles. The molecule has 0 amide bonds. The molecule has 0 saturated carbocycles. The van der Waals surface area contributed by atoms with E-state index in [4.69, 9.17) is 16.0 Å². The second-order valence-corrected chi connectivity index (χ2v) is 10.5. The van der Waals surface area contributed by atoms with Crippen LogP contribution >= 0.6 is 11.3 Å². The van der Waals surface area contributed by atoms with E-state index in [1.54, 1.807) is 6.07 Å². The van der Waals surface area contributed by atoms with Crippen molar-refractivity contribution >= 4 is 35.3 Å². The molecule has 0 bridgehead atoms. The molecule has 0 radical (unpaired) electrons. The number of alkyl halides is 3. The van der Waals surface area contributed by atoms with Gasteiger partial charge in [0.05, 0.1) is 12.7 Å². The van der Waals surface area contributed by atoms with E-state index in [-0.39, 0.29) is 6.10 Å². The zero-order valence-corrected chi connectivity index (χ0v) is 24.2. The van der Waals surface area contributed by atoms with Gasteiger partial charge in [0.15, 0.2) is 11.3 Å². The van der Waals surface area contributed by atoms with E-state index in [1.165, 1.54) is 35.6 Å². The Morgan fingerprint density at radius 2 is 1.71 bits per heavy atom. The van der Waals surface area contributed by atoms with E-state index in [2.05, 4.69) is 23.6 Å². The SMILES string of the molecule is [C-]#[N+]C1=C(/C=C/c2ccc(/C=C/c3ccc(N(CC)CC)cc3OC(C)C)s2)C(C)(C(F)(F)F)OC1=C(C#N)C#N. The summed E-state index contributed by atoms with van der Waals surface area (Å²) in [7, 11) is 0. The number of hydrogen-bond acceptors (Lipinski definition) is 6. The largest absolute Gasteiger partial charge is 0.490 e. The summed E-state index contributed by atoms with van der Waals surface area (Å²) >= 11 is 1.34. The topological polar surface area (TPSA) is 73.6 Å². The molecule has 0 spiro atoms. The first-order valence-electron chi connectivity index (χ1n) is 12.9. The molecular formula is C31H29F3N4O2S. The van der Waals surface area contributed by atoms with Crippen LogP contribution in [0.1, 0.15) is 49.9 Å². The molecule has 1 unspecified atom stereocenters. The van der Waals surface area contributed by atoms with Gasteiger partial charge >= 0.3 is 6.18 Å². The van der Waals surface area contributed by atoms with Crippen LogP contribution in [0.25, 0.3) is 23.1 Å². The molecule has 1 atom stereocenters. The second-order valence-electron chi connectivity index (χ2n) is 9.40. The van der Waals surface area contributed by atoms with Crippen molar-refractivity contribution in [3.8, 4) is 17.9 Å². The monoisotopic (exact) mass is 578 g/mol. The Morgan fingerprint density at radius 1 is 1.10 bits per heavy atom. The van der Waals surface area contributed by atoms with Crippen LogP contribution in [0.2, 0.25) is 0 Å². The van der Waals surface area contributed by atoms with Crippen molar-refractivity contribution in [1.82, 2.24) is 0 Å². The second kappa shape index (κ2) is 12.8. The highest BCUT2D eigenvalue weighted by Gasteiger charge is 2.60. The van der Waals surface area contributed by atoms with Gasteiger partial charge in [-0.3, -0.25) is 0 Å². The Bertz CT molecular complexity index is 1520. The highest BCUT2D eigenvalue weighted by atomic mass is 32.1. The molecular weight excluding hydrogens is 549 g/mol. The molecule has 1 aliphatic heterocycles. The maximum atomic E-state index is 14.1. The first kappa shape index (κ1) is 31.1. The number of allylic oxidation sites excluding steroid dienone is 1. The number of anilines is 1. The lowest BCUT2D eigenvalue weighted by Crippen LogP contribution is -2.43. The van der Waals surface area contributed by atoms with Crippen molar-refractivity contribution in [2.24, 2.45) is 0 Å². The van der Waals surface area contributed by atoms with Gasteiger partial charge in [0.1, 0.15) is 17.9 Å². The van der Waals surface area contributed by atoms with Crippen LogP contribution in [0.4, 0.5) is 18.9 Å². The van der Waals surface area contributed by atoms with Crippen molar-refractivity contribution in [1.29, 1.82) is 10.5 Å². The van der Waals surface area contributed by atoms with E-state index in [0.29, 0.717) is 4.88 Å².